The second-order valence-corrected chi connectivity index (χ2v) is 5.36. The number of carbonyl (C=O) groups excluding carboxylic acids is 1. The summed E-state index contributed by atoms with van der Waals surface area (Å²) in [5, 5.41) is 8.75. The highest BCUT2D eigenvalue weighted by Gasteiger charge is 2.22. The van der Waals surface area contributed by atoms with Crippen molar-refractivity contribution in [3.63, 3.8) is 0 Å². The van der Waals surface area contributed by atoms with Crippen molar-refractivity contribution >= 4 is 11.6 Å². The van der Waals surface area contributed by atoms with Crippen molar-refractivity contribution in [1.29, 1.82) is 0 Å². The van der Waals surface area contributed by atoms with Gasteiger partial charge in [-0.1, -0.05) is 18.2 Å². The SMILES string of the molecule is CN(C(=O)CN1CCC(OCCO)CC1)c1ccccc1. The number of aliphatic hydroxyl groups is 1. The lowest BCUT2D eigenvalue weighted by atomic mass is 10.1. The zero-order valence-corrected chi connectivity index (χ0v) is 12.6. The number of amides is 1. The molecule has 2 rings (SSSR count). The van der Waals surface area contributed by atoms with E-state index in [2.05, 4.69) is 4.90 Å². The first-order valence-corrected chi connectivity index (χ1v) is 7.47. The molecule has 0 unspecified atom stereocenters. The first-order chi connectivity index (χ1) is 10.2. The van der Waals surface area contributed by atoms with Crippen molar-refractivity contribution in [2.24, 2.45) is 0 Å². The fraction of sp³-hybridized carbons (Fsp3) is 0.562. The molecule has 0 aromatic heterocycles. The van der Waals surface area contributed by atoms with E-state index >= 15 is 0 Å². The maximum atomic E-state index is 12.3. The maximum absolute atomic E-state index is 12.3. The minimum atomic E-state index is 0.0700. The Kier molecular flexibility index (Phi) is 6.17. The van der Waals surface area contributed by atoms with Crippen LogP contribution in [0.2, 0.25) is 0 Å². The molecular weight excluding hydrogens is 268 g/mol. The average Bonchev–Trinajstić information content (AvgIpc) is 2.54. The van der Waals surface area contributed by atoms with Gasteiger partial charge in [-0.25, -0.2) is 0 Å². The van der Waals surface area contributed by atoms with Gasteiger partial charge in [-0.15, -0.1) is 0 Å². The van der Waals surface area contributed by atoms with Crippen LogP contribution in [0.1, 0.15) is 12.8 Å². The molecule has 0 spiro atoms. The van der Waals surface area contributed by atoms with Gasteiger partial charge in [0, 0.05) is 25.8 Å². The second kappa shape index (κ2) is 8.12. The molecule has 1 aliphatic rings. The van der Waals surface area contributed by atoms with E-state index in [0.717, 1.165) is 31.6 Å². The van der Waals surface area contributed by atoms with E-state index in [4.69, 9.17) is 9.84 Å². The van der Waals surface area contributed by atoms with E-state index < -0.39 is 0 Å². The summed E-state index contributed by atoms with van der Waals surface area (Å²) in [6, 6.07) is 9.69. The fourth-order valence-electron chi connectivity index (χ4n) is 2.55. The first kappa shape index (κ1) is 15.9. The van der Waals surface area contributed by atoms with Gasteiger partial charge in [-0.05, 0) is 25.0 Å². The topological polar surface area (TPSA) is 53.0 Å². The summed E-state index contributed by atoms with van der Waals surface area (Å²) < 4.78 is 5.53. The van der Waals surface area contributed by atoms with Gasteiger partial charge in [0.15, 0.2) is 0 Å². The molecule has 1 aromatic carbocycles. The summed E-state index contributed by atoms with van der Waals surface area (Å²) in [7, 11) is 1.81. The molecule has 5 nitrogen and oxygen atoms in total. The standard InChI is InChI=1S/C16H24N2O3/c1-17(14-5-3-2-4-6-14)16(20)13-18-9-7-15(8-10-18)21-12-11-19/h2-6,15,19H,7-13H2,1H3. The predicted molar refractivity (Wildman–Crippen MR) is 82.4 cm³/mol. The Labute approximate surface area is 126 Å². The van der Waals surface area contributed by atoms with E-state index in [9.17, 15) is 4.79 Å². The Morgan fingerprint density at radius 3 is 2.62 bits per heavy atom. The summed E-state index contributed by atoms with van der Waals surface area (Å²) in [5.41, 5.74) is 0.920. The number of nitrogens with zero attached hydrogens (tertiary/aromatic N) is 2. The third-order valence-corrected chi connectivity index (χ3v) is 3.86. The first-order valence-electron chi connectivity index (χ1n) is 7.47. The summed E-state index contributed by atoms with van der Waals surface area (Å²) in [6.07, 6.45) is 2.06. The smallest absolute Gasteiger partial charge is 0.240 e. The Bertz CT molecular complexity index is 430. The van der Waals surface area contributed by atoms with E-state index in [1.807, 2.05) is 37.4 Å². The van der Waals surface area contributed by atoms with Crippen LogP contribution in [0.5, 0.6) is 0 Å². The predicted octanol–water partition coefficient (Wildman–Crippen LogP) is 1.12. The number of likely N-dealkylation sites (N-methyl/N-ethyl adjacent to an activating group) is 1. The van der Waals surface area contributed by atoms with Gasteiger partial charge in [-0.3, -0.25) is 9.69 Å². The third kappa shape index (κ3) is 4.81. The monoisotopic (exact) mass is 292 g/mol. The quantitative estimate of drug-likeness (QED) is 0.854. The van der Waals surface area contributed by atoms with Crippen molar-refractivity contribution in [3.8, 4) is 0 Å². The van der Waals surface area contributed by atoms with Crippen LogP contribution < -0.4 is 4.90 Å². The molecule has 116 valence electrons. The molecule has 0 saturated carbocycles. The van der Waals surface area contributed by atoms with Gasteiger partial charge in [0.2, 0.25) is 5.91 Å². The van der Waals surface area contributed by atoms with Gasteiger partial charge >= 0.3 is 0 Å². The number of para-hydroxylation sites is 1. The summed E-state index contributed by atoms with van der Waals surface area (Å²) in [5.74, 6) is 0.107. The van der Waals surface area contributed by atoms with Crippen molar-refractivity contribution in [2.75, 3.05) is 44.8 Å². The van der Waals surface area contributed by atoms with Gasteiger partial charge < -0.3 is 14.7 Å². The van der Waals surface area contributed by atoms with Crippen LogP contribution in [0.25, 0.3) is 0 Å². The lowest BCUT2D eigenvalue weighted by Gasteiger charge is -2.32. The molecule has 5 heteroatoms. The van der Waals surface area contributed by atoms with Crippen LogP contribution in [0.15, 0.2) is 30.3 Å². The zero-order valence-electron chi connectivity index (χ0n) is 12.6. The number of ether oxygens (including phenoxy) is 1. The number of anilines is 1. The molecule has 1 N–H and O–H groups in total. The zero-order chi connectivity index (χ0) is 15.1. The fourth-order valence-corrected chi connectivity index (χ4v) is 2.55. The van der Waals surface area contributed by atoms with Crippen LogP contribution in [0, 0.1) is 0 Å². The minimum absolute atomic E-state index is 0.0700. The number of rotatable bonds is 6. The van der Waals surface area contributed by atoms with Crippen LogP contribution in [0.3, 0.4) is 0 Å². The molecule has 1 saturated heterocycles. The maximum Gasteiger partial charge on any atom is 0.240 e. The van der Waals surface area contributed by atoms with Crippen LogP contribution in [-0.2, 0) is 9.53 Å². The Hall–Kier alpha value is -1.43. The van der Waals surface area contributed by atoms with Gasteiger partial charge in [0.1, 0.15) is 0 Å². The molecule has 1 heterocycles. The Morgan fingerprint density at radius 1 is 1.33 bits per heavy atom. The van der Waals surface area contributed by atoms with E-state index in [-0.39, 0.29) is 18.6 Å². The average molecular weight is 292 g/mol. The van der Waals surface area contributed by atoms with Crippen molar-refractivity contribution in [1.82, 2.24) is 4.90 Å². The van der Waals surface area contributed by atoms with Crippen LogP contribution in [0.4, 0.5) is 5.69 Å². The molecular formula is C16H24N2O3. The molecule has 21 heavy (non-hydrogen) atoms. The molecule has 0 atom stereocenters. The molecule has 1 fully saturated rings. The molecule has 1 amide bonds. The Morgan fingerprint density at radius 2 is 2.00 bits per heavy atom. The highest BCUT2D eigenvalue weighted by molar-refractivity contribution is 5.94. The number of hydrogen-bond donors (Lipinski definition) is 1. The summed E-state index contributed by atoms with van der Waals surface area (Å²) in [6.45, 7) is 2.65. The van der Waals surface area contributed by atoms with Gasteiger partial charge in [0.05, 0.1) is 25.9 Å². The van der Waals surface area contributed by atoms with E-state index in [1.165, 1.54) is 0 Å². The highest BCUT2D eigenvalue weighted by Crippen LogP contribution is 2.15. The minimum Gasteiger partial charge on any atom is -0.394 e. The largest absolute Gasteiger partial charge is 0.394 e. The number of likely N-dealkylation sites (tertiary alicyclic amines) is 1. The number of benzene rings is 1. The molecule has 0 bridgehead atoms. The molecule has 0 aliphatic carbocycles. The van der Waals surface area contributed by atoms with Crippen LogP contribution >= 0.6 is 0 Å². The van der Waals surface area contributed by atoms with Crippen molar-refractivity contribution in [2.45, 2.75) is 18.9 Å². The lowest BCUT2D eigenvalue weighted by molar-refractivity contribution is -0.120. The Balaban J connectivity index is 1.77. The highest BCUT2D eigenvalue weighted by atomic mass is 16.5. The van der Waals surface area contributed by atoms with E-state index in [1.54, 1.807) is 4.90 Å². The van der Waals surface area contributed by atoms with Crippen molar-refractivity contribution < 1.29 is 14.6 Å². The molecule has 0 radical (unpaired) electrons. The second-order valence-electron chi connectivity index (χ2n) is 5.36. The lowest BCUT2D eigenvalue weighted by Crippen LogP contribution is -2.43. The van der Waals surface area contributed by atoms with Gasteiger partial charge in [0.25, 0.3) is 0 Å². The normalized spacial score (nSPS) is 16.9. The number of hydrogen-bond acceptors (Lipinski definition) is 4. The number of carbonyl (C=O) groups is 1. The summed E-state index contributed by atoms with van der Waals surface area (Å²) in [4.78, 5) is 16.2. The number of piperidine rings is 1. The molecule has 1 aliphatic heterocycles. The third-order valence-electron chi connectivity index (χ3n) is 3.86. The van der Waals surface area contributed by atoms with E-state index in [0.29, 0.717) is 13.2 Å². The molecule has 1 aromatic rings. The van der Waals surface area contributed by atoms with Crippen LogP contribution in [-0.4, -0.2) is 61.9 Å². The summed E-state index contributed by atoms with van der Waals surface area (Å²) >= 11 is 0. The van der Waals surface area contributed by atoms with Crippen molar-refractivity contribution in [3.05, 3.63) is 30.3 Å². The number of aliphatic hydroxyl groups excluding tert-OH is 1. The van der Waals surface area contributed by atoms with Gasteiger partial charge in [-0.2, -0.15) is 0 Å².